The first-order valence-corrected chi connectivity index (χ1v) is 9.63. The van der Waals surface area contributed by atoms with Gasteiger partial charge in [-0.15, -0.1) is 5.10 Å². The molecule has 5 rings (SSSR count). The maximum Gasteiger partial charge on any atom is 0.136 e. The average Bonchev–Trinajstić information content (AvgIpc) is 3.27. The number of benzene rings is 3. The highest BCUT2D eigenvalue weighted by Gasteiger charge is 2.11. The van der Waals surface area contributed by atoms with E-state index in [1.54, 1.807) is 54.2 Å². The maximum absolute atomic E-state index is 13.9. The summed E-state index contributed by atoms with van der Waals surface area (Å²) >= 11 is 0. The second kappa shape index (κ2) is 7.53. The Bertz CT molecular complexity index is 1400. The summed E-state index contributed by atoms with van der Waals surface area (Å²) in [6.07, 6.45) is 1.77. The van der Waals surface area contributed by atoms with Crippen LogP contribution in [0.4, 0.5) is 4.39 Å². The number of fused-ring (bicyclic) bond motifs is 1. The molecule has 31 heavy (non-hydrogen) atoms. The molecule has 0 amide bonds. The number of hydrogen-bond acceptors (Lipinski definition) is 5. The van der Waals surface area contributed by atoms with Gasteiger partial charge in [-0.1, -0.05) is 17.3 Å². The molecule has 0 fully saturated rings. The highest BCUT2D eigenvalue weighted by Crippen LogP contribution is 2.31. The van der Waals surface area contributed by atoms with Crippen molar-refractivity contribution in [3.05, 3.63) is 90.4 Å². The van der Waals surface area contributed by atoms with Gasteiger partial charge in [0.2, 0.25) is 0 Å². The van der Waals surface area contributed by atoms with Crippen molar-refractivity contribution >= 4 is 10.9 Å². The monoisotopic (exact) mass is 412 g/mol. The molecule has 0 saturated heterocycles. The van der Waals surface area contributed by atoms with Gasteiger partial charge in [0.15, 0.2) is 0 Å². The molecule has 152 valence electrons. The molecule has 0 bridgehead atoms. The maximum atomic E-state index is 13.9. The molecule has 0 spiro atoms. The van der Waals surface area contributed by atoms with Crippen molar-refractivity contribution in [2.45, 2.75) is 6.92 Å². The van der Waals surface area contributed by atoms with Gasteiger partial charge < -0.3 is 9.84 Å². The molecule has 5 aromatic rings. The van der Waals surface area contributed by atoms with Gasteiger partial charge in [0.05, 0.1) is 23.1 Å². The number of halogens is 1. The fraction of sp³-hybridized carbons (Fsp3) is 0.0417. The smallest absolute Gasteiger partial charge is 0.136 e. The molecule has 2 heterocycles. The van der Waals surface area contributed by atoms with E-state index >= 15 is 0 Å². The molecular weight excluding hydrogens is 395 g/mol. The number of nitrogens with zero attached hydrogens (tertiary/aromatic N) is 4. The van der Waals surface area contributed by atoms with Gasteiger partial charge in [-0.05, 0) is 67.1 Å². The molecule has 0 atom stereocenters. The highest BCUT2D eigenvalue weighted by atomic mass is 19.1. The van der Waals surface area contributed by atoms with E-state index in [1.165, 1.54) is 6.07 Å². The molecule has 0 aliphatic heterocycles. The Balaban J connectivity index is 1.47. The minimum atomic E-state index is -0.310. The summed E-state index contributed by atoms with van der Waals surface area (Å²) in [6.45, 7) is 1.71. The number of aromatic nitrogens is 4. The van der Waals surface area contributed by atoms with E-state index in [9.17, 15) is 9.50 Å². The molecule has 0 aliphatic rings. The number of ether oxygens (including phenoxy) is 1. The van der Waals surface area contributed by atoms with Gasteiger partial charge in [-0.2, -0.15) is 0 Å². The molecule has 0 unspecified atom stereocenters. The lowest BCUT2D eigenvalue weighted by molar-refractivity contribution is 0.475. The van der Waals surface area contributed by atoms with E-state index in [2.05, 4.69) is 10.3 Å². The second-order valence-corrected chi connectivity index (χ2v) is 7.10. The number of phenolic OH excluding ortho intramolecular Hbond substituents is 1. The summed E-state index contributed by atoms with van der Waals surface area (Å²) in [5.41, 5.74) is 3.34. The Hall–Kier alpha value is -4.26. The number of rotatable bonds is 4. The lowest BCUT2D eigenvalue weighted by Crippen LogP contribution is -1.93. The standard InChI is InChI=1S/C24H17FN4O2/c1-15-5-10-18(13-20(15)25)31-24-4-2-3-21-19(24)11-12-22(26-21)23-14-29(28-27-23)16-6-8-17(30)9-7-16/h2-14,30H,1H3. The van der Waals surface area contributed by atoms with Crippen LogP contribution in [-0.2, 0) is 0 Å². The van der Waals surface area contributed by atoms with Crippen LogP contribution >= 0.6 is 0 Å². The van der Waals surface area contributed by atoms with Crippen LogP contribution in [0.5, 0.6) is 17.2 Å². The molecule has 2 aromatic heterocycles. The van der Waals surface area contributed by atoms with Crippen LogP contribution in [0.2, 0.25) is 0 Å². The van der Waals surface area contributed by atoms with Crippen LogP contribution in [0.25, 0.3) is 28.0 Å². The largest absolute Gasteiger partial charge is 0.508 e. The summed E-state index contributed by atoms with van der Waals surface area (Å²) in [5.74, 6) is 0.894. The summed E-state index contributed by atoms with van der Waals surface area (Å²) in [5, 5.41) is 18.6. The highest BCUT2D eigenvalue weighted by molar-refractivity contribution is 5.87. The average molecular weight is 412 g/mol. The third-order valence-electron chi connectivity index (χ3n) is 4.93. The molecule has 0 saturated carbocycles. The molecule has 6 nitrogen and oxygen atoms in total. The number of aryl methyl sites for hydroxylation is 1. The van der Waals surface area contributed by atoms with Crippen molar-refractivity contribution < 1.29 is 14.2 Å². The van der Waals surface area contributed by atoms with Crippen molar-refractivity contribution in [1.82, 2.24) is 20.0 Å². The van der Waals surface area contributed by atoms with Gasteiger partial charge in [-0.3, -0.25) is 0 Å². The minimum Gasteiger partial charge on any atom is -0.508 e. The first kappa shape index (κ1) is 18.7. The quantitative estimate of drug-likeness (QED) is 0.426. The zero-order valence-corrected chi connectivity index (χ0v) is 16.5. The summed E-state index contributed by atoms with van der Waals surface area (Å²) in [6, 6.07) is 20.8. The first-order valence-electron chi connectivity index (χ1n) is 9.63. The van der Waals surface area contributed by atoms with Crippen molar-refractivity contribution in [2.75, 3.05) is 0 Å². The van der Waals surface area contributed by atoms with Crippen molar-refractivity contribution in [3.63, 3.8) is 0 Å². The van der Waals surface area contributed by atoms with Gasteiger partial charge in [0.1, 0.15) is 28.8 Å². The molecule has 7 heteroatoms. The van der Waals surface area contributed by atoms with E-state index in [4.69, 9.17) is 9.72 Å². The number of aromatic hydroxyl groups is 1. The van der Waals surface area contributed by atoms with Crippen LogP contribution in [-0.4, -0.2) is 25.1 Å². The van der Waals surface area contributed by atoms with Gasteiger partial charge in [-0.25, -0.2) is 14.1 Å². The first-order chi connectivity index (χ1) is 15.1. The number of phenols is 1. The molecule has 3 aromatic carbocycles. The Kier molecular flexibility index (Phi) is 4.55. The van der Waals surface area contributed by atoms with Crippen LogP contribution in [0, 0.1) is 12.7 Å². The Morgan fingerprint density at radius 3 is 2.58 bits per heavy atom. The predicted molar refractivity (Wildman–Crippen MR) is 115 cm³/mol. The van der Waals surface area contributed by atoms with Gasteiger partial charge in [0.25, 0.3) is 0 Å². The van der Waals surface area contributed by atoms with Crippen LogP contribution in [0.1, 0.15) is 5.56 Å². The molecule has 1 N–H and O–H groups in total. The molecule has 0 radical (unpaired) electrons. The van der Waals surface area contributed by atoms with E-state index < -0.39 is 0 Å². The third kappa shape index (κ3) is 3.69. The topological polar surface area (TPSA) is 73.1 Å². The second-order valence-electron chi connectivity index (χ2n) is 7.10. The Labute approximate surface area is 177 Å². The molecular formula is C24H17FN4O2. The Morgan fingerprint density at radius 2 is 1.77 bits per heavy atom. The fourth-order valence-corrected chi connectivity index (χ4v) is 3.24. The third-order valence-corrected chi connectivity index (χ3v) is 4.93. The number of pyridine rings is 1. The van der Waals surface area contributed by atoms with Crippen molar-refractivity contribution in [1.29, 1.82) is 0 Å². The zero-order valence-electron chi connectivity index (χ0n) is 16.5. The van der Waals surface area contributed by atoms with Gasteiger partial charge in [0, 0.05) is 11.5 Å². The Morgan fingerprint density at radius 1 is 0.935 bits per heavy atom. The number of hydrogen-bond donors (Lipinski definition) is 1. The van der Waals surface area contributed by atoms with Crippen LogP contribution in [0.15, 0.2) is 79.0 Å². The van der Waals surface area contributed by atoms with Crippen molar-refractivity contribution in [3.8, 4) is 34.3 Å². The lowest BCUT2D eigenvalue weighted by Gasteiger charge is -2.10. The zero-order chi connectivity index (χ0) is 21.4. The van der Waals surface area contributed by atoms with E-state index in [0.29, 0.717) is 28.5 Å². The van der Waals surface area contributed by atoms with E-state index in [1.807, 2.05) is 30.3 Å². The van der Waals surface area contributed by atoms with Crippen LogP contribution in [0.3, 0.4) is 0 Å². The summed E-state index contributed by atoms with van der Waals surface area (Å²) < 4.78 is 21.4. The lowest BCUT2D eigenvalue weighted by atomic mass is 10.1. The van der Waals surface area contributed by atoms with E-state index in [-0.39, 0.29) is 11.6 Å². The minimum absolute atomic E-state index is 0.187. The van der Waals surface area contributed by atoms with Crippen LogP contribution < -0.4 is 4.74 Å². The summed E-state index contributed by atoms with van der Waals surface area (Å²) in [4.78, 5) is 4.69. The fourth-order valence-electron chi connectivity index (χ4n) is 3.24. The SMILES string of the molecule is Cc1ccc(Oc2cccc3nc(-c4cn(-c5ccc(O)cc5)nn4)ccc23)cc1F. The molecule has 0 aliphatic carbocycles. The normalized spacial score (nSPS) is 11.0. The summed E-state index contributed by atoms with van der Waals surface area (Å²) in [7, 11) is 0. The van der Waals surface area contributed by atoms with E-state index in [0.717, 1.165) is 16.6 Å². The van der Waals surface area contributed by atoms with Crippen molar-refractivity contribution in [2.24, 2.45) is 0 Å². The predicted octanol–water partition coefficient (Wildman–Crippen LogP) is 5.43. The van der Waals surface area contributed by atoms with Gasteiger partial charge >= 0.3 is 0 Å².